The number of nitrogens with one attached hydrogen (secondary N) is 1. The minimum atomic E-state index is 0.822. The second-order valence-corrected chi connectivity index (χ2v) is 6.75. The first-order chi connectivity index (χ1) is 8.88. The Labute approximate surface area is 113 Å². The minimum absolute atomic E-state index is 0.822. The van der Waals surface area contributed by atoms with Gasteiger partial charge in [0.15, 0.2) is 0 Å². The van der Waals surface area contributed by atoms with Crippen molar-refractivity contribution in [2.75, 3.05) is 6.54 Å². The molecule has 0 aromatic carbocycles. The molecule has 2 heteroatoms. The fourth-order valence-corrected chi connectivity index (χ4v) is 4.70. The maximum Gasteiger partial charge on any atom is 0.0116 e. The number of piperidine rings is 1. The van der Waals surface area contributed by atoms with Crippen LogP contribution < -0.4 is 5.32 Å². The average Bonchev–Trinajstić information content (AvgIpc) is 2.69. The lowest BCUT2D eigenvalue weighted by Gasteiger charge is -2.45. The first-order valence-electron chi connectivity index (χ1n) is 8.39. The van der Waals surface area contributed by atoms with Crippen LogP contribution in [0.1, 0.15) is 71.1 Å². The SMILES string of the molecule is CCCNC1CC2CCC(C1)N2C1CCCCC1. The van der Waals surface area contributed by atoms with Crippen molar-refractivity contribution < 1.29 is 0 Å². The minimum Gasteiger partial charge on any atom is -0.314 e. The molecular weight excluding hydrogens is 220 g/mol. The highest BCUT2D eigenvalue weighted by atomic mass is 15.3. The van der Waals surface area contributed by atoms with Crippen LogP contribution in [0, 0.1) is 0 Å². The molecule has 3 rings (SSSR count). The summed E-state index contributed by atoms with van der Waals surface area (Å²) in [6, 6.07) is 3.60. The maximum absolute atomic E-state index is 3.77. The zero-order valence-electron chi connectivity index (χ0n) is 12.0. The van der Waals surface area contributed by atoms with Gasteiger partial charge in [-0.3, -0.25) is 4.90 Å². The second kappa shape index (κ2) is 5.92. The Balaban J connectivity index is 1.58. The molecule has 2 nitrogen and oxygen atoms in total. The molecule has 2 saturated heterocycles. The van der Waals surface area contributed by atoms with E-state index in [2.05, 4.69) is 17.1 Å². The molecule has 1 aliphatic carbocycles. The van der Waals surface area contributed by atoms with Crippen molar-refractivity contribution in [2.24, 2.45) is 0 Å². The summed E-state index contributed by atoms with van der Waals surface area (Å²) in [6.45, 7) is 3.49. The summed E-state index contributed by atoms with van der Waals surface area (Å²) in [5.41, 5.74) is 0. The van der Waals surface area contributed by atoms with Gasteiger partial charge in [0.2, 0.25) is 0 Å². The van der Waals surface area contributed by atoms with Gasteiger partial charge in [0.1, 0.15) is 0 Å². The Kier molecular flexibility index (Phi) is 4.25. The van der Waals surface area contributed by atoms with Crippen LogP contribution in [0.25, 0.3) is 0 Å². The van der Waals surface area contributed by atoms with Gasteiger partial charge < -0.3 is 5.32 Å². The Hall–Kier alpha value is -0.0800. The Morgan fingerprint density at radius 1 is 0.889 bits per heavy atom. The zero-order valence-corrected chi connectivity index (χ0v) is 12.0. The first-order valence-corrected chi connectivity index (χ1v) is 8.39. The van der Waals surface area contributed by atoms with E-state index in [1.54, 1.807) is 0 Å². The smallest absolute Gasteiger partial charge is 0.0116 e. The molecule has 2 atom stereocenters. The number of nitrogens with zero attached hydrogens (tertiary/aromatic N) is 1. The van der Waals surface area contributed by atoms with Crippen molar-refractivity contribution in [2.45, 2.75) is 95.3 Å². The molecule has 2 unspecified atom stereocenters. The van der Waals surface area contributed by atoms with Crippen molar-refractivity contribution >= 4 is 0 Å². The van der Waals surface area contributed by atoms with E-state index in [1.807, 2.05) is 0 Å². The summed E-state index contributed by atoms with van der Waals surface area (Å²) in [4.78, 5) is 2.96. The van der Waals surface area contributed by atoms with Gasteiger partial charge in [0, 0.05) is 24.2 Å². The summed E-state index contributed by atoms with van der Waals surface area (Å²) in [5.74, 6) is 0. The molecule has 2 heterocycles. The van der Waals surface area contributed by atoms with E-state index in [0.717, 1.165) is 24.2 Å². The van der Waals surface area contributed by atoms with Gasteiger partial charge in [0.25, 0.3) is 0 Å². The molecule has 0 radical (unpaired) electrons. The van der Waals surface area contributed by atoms with Crippen LogP contribution in [0.15, 0.2) is 0 Å². The molecule has 1 saturated carbocycles. The van der Waals surface area contributed by atoms with Gasteiger partial charge in [-0.25, -0.2) is 0 Å². The monoisotopic (exact) mass is 250 g/mol. The van der Waals surface area contributed by atoms with Crippen LogP contribution >= 0.6 is 0 Å². The molecule has 0 amide bonds. The maximum atomic E-state index is 3.77. The topological polar surface area (TPSA) is 15.3 Å². The van der Waals surface area contributed by atoms with Crippen LogP contribution in [0.5, 0.6) is 0 Å². The number of hydrogen-bond donors (Lipinski definition) is 1. The molecule has 0 spiro atoms. The summed E-state index contributed by atoms with van der Waals surface area (Å²) in [5, 5.41) is 3.77. The molecular formula is C16H30N2. The van der Waals surface area contributed by atoms with Crippen molar-refractivity contribution in [3.63, 3.8) is 0 Å². The molecule has 104 valence electrons. The van der Waals surface area contributed by atoms with Gasteiger partial charge in [-0.1, -0.05) is 26.2 Å². The highest BCUT2D eigenvalue weighted by Gasteiger charge is 2.43. The summed E-state index contributed by atoms with van der Waals surface area (Å²) in [6.07, 6.45) is 14.5. The van der Waals surface area contributed by atoms with E-state index in [0.29, 0.717) is 0 Å². The second-order valence-electron chi connectivity index (χ2n) is 6.75. The first kappa shape index (κ1) is 12.9. The third-order valence-corrected chi connectivity index (χ3v) is 5.47. The van der Waals surface area contributed by atoms with E-state index >= 15 is 0 Å². The van der Waals surface area contributed by atoms with Gasteiger partial charge in [-0.15, -0.1) is 0 Å². The number of hydrogen-bond acceptors (Lipinski definition) is 2. The summed E-state index contributed by atoms with van der Waals surface area (Å²) < 4.78 is 0. The summed E-state index contributed by atoms with van der Waals surface area (Å²) in [7, 11) is 0. The molecule has 0 aromatic heterocycles. The lowest BCUT2D eigenvalue weighted by molar-refractivity contribution is 0.0516. The highest BCUT2D eigenvalue weighted by Crippen LogP contribution is 2.40. The third-order valence-electron chi connectivity index (χ3n) is 5.47. The van der Waals surface area contributed by atoms with Crippen LogP contribution in [0.4, 0.5) is 0 Å². The van der Waals surface area contributed by atoms with Crippen LogP contribution in [-0.4, -0.2) is 35.6 Å². The van der Waals surface area contributed by atoms with E-state index < -0.39 is 0 Å². The lowest BCUT2D eigenvalue weighted by Crippen LogP contribution is -2.53. The molecule has 3 fully saturated rings. The van der Waals surface area contributed by atoms with E-state index in [1.165, 1.54) is 70.8 Å². The van der Waals surface area contributed by atoms with E-state index in [9.17, 15) is 0 Å². The predicted molar refractivity (Wildman–Crippen MR) is 76.8 cm³/mol. The van der Waals surface area contributed by atoms with Gasteiger partial charge >= 0.3 is 0 Å². The largest absolute Gasteiger partial charge is 0.314 e. The summed E-state index contributed by atoms with van der Waals surface area (Å²) >= 11 is 0. The lowest BCUT2D eigenvalue weighted by atomic mass is 9.89. The van der Waals surface area contributed by atoms with Crippen molar-refractivity contribution in [1.82, 2.24) is 10.2 Å². The van der Waals surface area contributed by atoms with Crippen molar-refractivity contribution in [3.05, 3.63) is 0 Å². The van der Waals surface area contributed by atoms with Crippen molar-refractivity contribution in [3.8, 4) is 0 Å². The highest BCUT2D eigenvalue weighted by molar-refractivity contribution is 5.00. The van der Waals surface area contributed by atoms with Crippen molar-refractivity contribution in [1.29, 1.82) is 0 Å². The quantitative estimate of drug-likeness (QED) is 0.823. The average molecular weight is 250 g/mol. The van der Waals surface area contributed by atoms with Crippen LogP contribution in [0.2, 0.25) is 0 Å². The normalized spacial score (nSPS) is 38.2. The molecule has 1 N–H and O–H groups in total. The molecule has 18 heavy (non-hydrogen) atoms. The molecule has 0 aromatic rings. The molecule has 3 aliphatic rings. The Morgan fingerprint density at radius 2 is 1.56 bits per heavy atom. The van der Waals surface area contributed by atoms with Gasteiger partial charge in [-0.05, 0) is 51.5 Å². The van der Waals surface area contributed by atoms with Crippen LogP contribution in [-0.2, 0) is 0 Å². The fraction of sp³-hybridized carbons (Fsp3) is 1.00. The van der Waals surface area contributed by atoms with Crippen LogP contribution in [0.3, 0.4) is 0 Å². The van der Waals surface area contributed by atoms with E-state index in [4.69, 9.17) is 0 Å². The fourth-order valence-electron chi connectivity index (χ4n) is 4.70. The third kappa shape index (κ3) is 2.60. The van der Waals surface area contributed by atoms with Gasteiger partial charge in [0.05, 0.1) is 0 Å². The standard InChI is InChI=1S/C16H30N2/c1-2-10-17-13-11-15-8-9-16(12-13)18(15)14-6-4-3-5-7-14/h13-17H,2-12H2,1H3. The molecule has 2 aliphatic heterocycles. The zero-order chi connectivity index (χ0) is 12.4. The predicted octanol–water partition coefficient (Wildman–Crippen LogP) is 3.31. The van der Waals surface area contributed by atoms with E-state index in [-0.39, 0.29) is 0 Å². The number of rotatable bonds is 4. The number of fused-ring (bicyclic) bond motifs is 2. The Morgan fingerprint density at radius 3 is 2.17 bits per heavy atom. The van der Waals surface area contributed by atoms with Gasteiger partial charge in [-0.2, -0.15) is 0 Å². The Bertz CT molecular complexity index is 246. The molecule has 2 bridgehead atoms.